The molecule has 0 aliphatic carbocycles. The zero-order valence-corrected chi connectivity index (χ0v) is 18.5. The van der Waals surface area contributed by atoms with E-state index in [-0.39, 0.29) is 5.25 Å². The molecule has 0 saturated heterocycles. The molecule has 0 spiro atoms. The predicted octanol–water partition coefficient (Wildman–Crippen LogP) is 4.82. The molecule has 1 aromatic carbocycles. The topological polar surface area (TPSA) is 70.9 Å². The van der Waals surface area contributed by atoms with Gasteiger partial charge in [-0.25, -0.2) is 4.79 Å². The first-order chi connectivity index (χ1) is 11.8. The number of ether oxygens (including phenoxy) is 1. The van der Waals surface area contributed by atoms with Gasteiger partial charge in [-0.2, -0.15) is 0 Å². The lowest BCUT2D eigenvalue weighted by atomic mass is 9.84. The SMILES string of the molecule is CC(C)(C)OC(=O)NC1=N[C@](C)(c2cccc(Br)c2)C[C@@H](C(C)(C)O)S1. The van der Waals surface area contributed by atoms with Crippen LogP contribution in [-0.4, -0.2) is 32.8 Å². The number of nitrogens with zero attached hydrogens (tertiary/aromatic N) is 1. The van der Waals surface area contributed by atoms with Crippen LogP contribution >= 0.6 is 27.7 Å². The molecule has 5 nitrogen and oxygen atoms in total. The highest BCUT2D eigenvalue weighted by molar-refractivity contribution is 9.10. The number of carbonyl (C=O) groups is 1. The number of amides is 1. The molecule has 0 unspecified atom stereocenters. The molecule has 2 N–H and O–H groups in total. The van der Waals surface area contributed by atoms with Crippen molar-refractivity contribution in [2.24, 2.45) is 4.99 Å². The van der Waals surface area contributed by atoms with Crippen molar-refractivity contribution in [1.82, 2.24) is 5.32 Å². The smallest absolute Gasteiger partial charge is 0.413 e. The summed E-state index contributed by atoms with van der Waals surface area (Å²) < 4.78 is 6.30. The van der Waals surface area contributed by atoms with Gasteiger partial charge in [0.05, 0.1) is 11.1 Å². The summed E-state index contributed by atoms with van der Waals surface area (Å²) in [5.41, 5.74) is -1.06. The number of aliphatic imine (C=N–C) groups is 1. The number of benzene rings is 1. The van der Waals surface area contributed by atoms with Crippen molar-refractivity contribution in [3.8, 4) is 0 Å². The molecule has 144 valence electrons. The summed E-state index contributed by atoms with van der Waals surface area (Å²) in [4.78, 5) is 17.0. The summed E-state index contributed by atoms with van der Waals surface area (Å²) in [5, 5.41) is 13.7. The fourth-order valence-corrected chi connectivity index (χ4v) is 4.44. The zero-order valence-electron chi connectivity index (χ0n) is 16.1. The molecule has 1 amide bonds. The van der Waals surface area contributed by atoms with E-state index >= 15 is 0 Å². The molecule has 0 aromatic heterocycles. The van der Waals surface area contributed by atoms with Crippen LogP contribution in [-0.2, 0) is 10.3 Å². The molecule has 1 aliphatic rings. The van der Waals surface area contributed by atoms with Gasteiger partial charge in [0, 0.05) is 9.72 Å². The molecule has 26 heavy (non-hydrogen) atoms. The van der Waals surface area contributed by atoms with Gasteiger partial charge in [-0.1, -0.05) is 39.8 Å². The third kappa shape index (κ3) is 5.72. The molecule has 2 atom stereocenters. The highest BCUT2D eigenvalue weighted by Gasteiger charge is 2.42. The number of amidine groups is 1. The number of rotatable bonds is 2. The lowest BCUT2D eigenvalue weighted by molar-refractivity contribution is 0.0559. The Hall–Kier alpha value is -1.05. The number of halogens is 1. The molecule has 0 saturated carbocycles. The first kappa shape index (κ1) is 21.3. The number of aliphatic hydroxyl groups is 1. The first-order valence-electron chi connectivity index (χ1n) is 8.53. The largest absolute Gasteiger partial charge is 0.444 e. The van der Waals surface area contributed by atoms with Crippen LogP contribution in [0.25, 0.3) is 0 Å². The molecule has 7 heteroatoms. The van der Waals surface area contributed by atoms with E-state index in [1.165, 1.54) is 11.8 Å². The number of hydrogen-bond acceptors (Lipinski definition) is 5. The Balaban J connectivity index is 2.36. The second-order valence-electron chi connectivity index (χ2n) is 8.29. The summed E-state index contributed by atoms with van der Waals surface area (Å²) in [6, 6.07) is 7.95. The molecule has 1 aromatic rings. The maximum Gasteiger partial charge on any atom is 0.413 e. The van der Waals surface area contributed by atoms with Crippen LogP contribution in [0.2, 0.25) is 0 Å². The monoisotopic (exact) mass is 442 g/mol. The lowest BCUT2D eigenvalue weighted by Crippen LogP contribution is -2.46. The van der Waals surface area contributed by atoms with Crippen molar-refractivity contribution in [3.05, 3.63) is 34.3 Å². The summed E-state index contributed by atoms with van der Waals surface area (Å²) >= 11 is 4.87. The Morgan fingerprint density at radius 3 is 2.58 bits per heavy atom. The number of carbonyl (C=O) groups excluding carboxylic acids is 1. The molecule has 0 radical (unpaired) electrons. The normalized spacial score (nSPS) is 24.0. The van der Waals surface area contributed by atoms with Crippen LogP contribution in [0, 0.1) is 0 Å². The van der Waals surface area contributed by atoms with Crippen LogP contribution in [0.3, 0.4) is 0 Å². The number of thioether (sulfide) groups is 1. The minimum absolute atomic E-state index is 0.131. The molecular formula is C19H27BrN2O3S. The van der Waals surface area contributed by atoms with Crippen molar-refractivity contribution >= 4 is 39.0 Å². The van der Waals surface area contributed by atoms with Gasteiger partial charge in [0.15, 0.2) is 5.17 Å². The second kappa shape index (κ2) is 7.52. The molecule has 0 fully saturated rings. The van der Waals surface area contributed by atoms with Crippen molar-refractivity contribution in [1.29, 1.82) is 0 Å². The maximum atomic E-state index is 12.2. The summed E-state index contributed by atoms with van der Waals surface area (Å²) in [6.45, 7) is 11.0. The fraction of sp³-hybridized carbons (Fsp3) is 0.579. The lowest BCUT2D eigenvalue weighted by Gasteiger charge is -2.40. The summed E-state index contributed by atoms with van der Waals surface area (Å²) in [7, 11) is 0. The Labute approximate surface area is 168 Å². The average Bonchev–Trinajstić information content (AvgIpc) is 2.43. The van der Waals surface area contributed by atoms with Crippen molar-refractivity contribution in [2.75, 3.05) is 0 Å². The number of alkyl carbamates (subject to hydrolysis) is 1. The van der Waals surface area contributed by atoms with Gasteiger partial charge >= 0.3 is 6.09 Å². The first-order valence-corrected chi connectivity index (χ1v) is 10.2. The van der Waals surface area contributed by atoms with E-state index in [0.29, 0.717) is 11.6 Å². The van der Waals surface area contributed by atoms with Crippen molar-refractivity contribution < 1.29 is 14.6 Å². The number of nitrogens with one attached hydrogen (secondary N) is 1. The Morgan fingerprint density at radius 2 is 2.04 bits per heavy atom. The van der Waals surface area contributed by atoms with Gasteiger partial charge in [0.1, 0.15) is 5.60 Å². The van der Waals surface area contributed by atoms with Gasteiger partial charge in [-0.15, -0.1) is 0 Å². The van der Waals surface area contributed by atoms with Crippen molar-refractivity contribution in [3.63, 3.8) is 0 Å². The highest BCUT2D eigenvalue weighted by atomic mass is 79.9. The summed E-state index contributed by atoms with van der Waals surface area (Å²) in [5.74, 6) is 0. The minimum Gasteiger partial charge on any atom is -0.444 e. The van der Waals surface area contributed by atoms with E-state index in [4.69, 9.17) is 9.73 Å². The van der Waals surface area contributed by atoms with E-state index < -0.39 is 22.8 Å². The van der Waals surface area contributed by atoms with E-state index in [0.717, 1.165) is 10.0 Å². The van der Waals surface area contributed by atoms with Crippen LogP contribution < -0.4 is 5.32 Å². The summed E-state index contributed by atoms with van der Waals surface area (Å²) in [6.07, 6.45) is 0.105. The second-order valence-corrected chi connectivity index (χ2v) is 10.4. The van der Waals surface area contributed by atoms with Gasteiger partial charge < -0.3 is 9.84 Å². The third-order valence-corrected chi connectivity index (χ3v) is 5.97. The van der Waals surface area contributed by atoms with Gasteiger partial charge in [-0.05, 0) is 65.7 Å². The van der Waals surface area contributed by atoms with Crippen molar-refractivity contribution in [2.45, 2.75) is 70.0 Å². The van der Waals surface area contributed by atoms with E-state index in [1.807, 2.05) is 52.0 Å². The van der Waals surface area contributed by atoms with Gasteiger partial charge in [0.25, 0.3) is 0 Å². The zero-order chi connectivity index (χ0) is 19.8. The quantitative estimate of drug-likeness (QED) is 0.688. The molecule has 1 heterocycles. The van der Waals surface area contributed by atoms with Crippen LogP contribution in [0.5, 0.6) is 0 Å². The van der Waals surface area contributed by atoms with Gasteiger partial charge in [-0.3, -0.25) is 10.3 Å². The van der Waals surface area contributed by atoms with Crippen LogP contribution in [0.15, 0.2) is 33.7 Å². The van der Waals surface area contributed by atoms with Gasteiger partial charge in [0.2, 0.25) is 0 Å². The molecule has 0 bridgehead atoms. The number of hydrogen-bond donors (Lipinski definition) is 2. The van der Waals surface area contributed by atoms with E-state index in [9.17, 15) is 9.90 Å². The Kier molecular flexibility index (Phi) is 6.15. The minimum atomic E-state index is -0.922. The Morgan fingerprint density at radius 1 is 1.38 bits per heavy atom. The fourth-order valence-electron chi connectivity index (χ4n) is 2.68. The highest BCUT2D eigenvalue weighted by Crippen LogP contribution is 2.43. The standard InChI is InChI=1S/C19H27BrN2O3S/c1-17(2,3)25-16(23)21-15-22-19(6,11-14(26-15)18(4,5)24)12-8-7-9-13(20)10-12/h7-10,14,24H,11H2,1-6H3,(H,21,22,23)/t14-,19-/m0/s1. The molecule has 1 aliphatic heterocycles. The van der Waals surface area contributed by atoms with E-state index in [1.54, 1.807) is 13.8 Å². The maximum absolute atomic E-state index is 12.2. The van der Waals surface area contributed by atoms with E-state index in [2.05, 4.69) is 21.2 Å². The third-order valence-electron chi connectivity index (χ3n) is 4.03. The molecule has 2 rings (SSSR count). The Bertz CT molecular complexity index is 709. The average molecular weight is 443 g/mol. The van der Waals surface area contributed by atoms with Crippen LogP contribution in [0.1, 0.15) is 53.5 Å². The van der Waals surface area contributed by atoms with Crippen LogP contribution in [0.4, 0.5) is 4.79 Å². The predicted molar refractivity (Wildman–Crippen MR) is 111 cm³/mol. The molecular weight excluding hydrogens is 416 g/mol.